The highest BCUT2D eigenvalue weighted by Gasteiger charge is 2.24. The predicted octanol–water partition coefficient (Wildman–Crippen LogP) is 3.79. The molecule has 0 radical (unpaired) electrons. The predicted molar refractivity (Wildman–Crippen MR) is 98.2 cm³/mol. The van der Waals surface area contributed by atoms with Crippen LogP contribution in [0.4, 0.5) is 23.1 Å². The fraction of sp³-hybridized carbons (Fsp3) is 0.235. The Bertz CT molecular complexity index is 918. The number of Topliss-reactive ketones (excluding diaryl/α,β-unsaturated/α-hetero) is 1. The van der Waals surface area contributed by atoms with Gasteiger partial charge < -0.3 is 16.4 Å². The first-order chi connectivity index (χ1) is 11.6. The molecule has 2 aromatic heterocycles. The van der Waals surface area contributed by atoms with E-state index in [0.29, 0.717) is 38.6 Å². The third kappa shape index (κ3) is 2.78. The molecule has 4 N–H and O–H groups in total. The van der Waals surface area contributed by atoms with Gasteiger partial charge in [-0.2, -0.15) is 4.98 Å². The summed E-state index contributed by atoms with van der Waals surface area (Å²) in [5, 5.41) is 7.31. The van der Waals surface area contributed by atoms with Gasteiger partial charge in [-0.05, 0) is 25.0 Å². The maximum Gasteiger partial charge on any atom is 0.226 e. The van der Waals surface area contributed by atoms with E-state index in [0.717, 1.165) is 18.5 Å². The SMILES string of the molecule is CC(=O)c1sc2nc(NC3CC3)nc(Nc3ccccc3)c2c1N. The van der Waals surface area contributed by atoms with E-state index in [1.54, 1.807) is 0 Å². The minimum atomic E-state index is -0.0575. The number of hydrogen-bond acceptors (Lipinski definition) is 7. The van der Waals surface area contributed by atoms with Crippen LogP contribution in [0.25, 0.3) is 10.2 Å². The molecule has 1 aliphatic carbocycles. The Kier molecular flexibility index (Phi) is 3.57. The van der Waals surface area contributed by atoms with E-state index in [2.05, 4.69) is 20.6 Å². The van der Waals surface area contributed by atoms with Crippen molar-refractivity contribution >= 4 is 50.5 Å². The van der Waals surface area contributed by atoms with Crippen molar-refractivity contribution in [2.45, 2.75) is 25.8 Å². The summed E-state index contributed by atoms with van der Waals surface area (Å²) in [6.07, 6.45) is 2.27. The first-order valence-electron chi connectivity index (χ1n) is 7.81. The molecular formula is C17H17N5OS. The standard InChI is InChI=1S/C17H17N5OS/c1-9(23)14-13(18)12-15(19-10-5-3-2-4-6-10)21-17(20-11-7-8-11)22-16(12)24-14/h2-6,11H,7-8,18H2,1H3,(H2,19,20,21,22). The molecular weight excluding hydrogens is 322 g/mol. The first-order valence-corrected chi connectivity index (χ1v) is 8.63. The quantitative estimate of drug-likeness (QED) is 0.612. The van der Waals surface area contributed by atoms with E-state index < -0.39 is 0 Å². The van der Waals surface area contributed by atoms with Crippen LogP contribution in [0, 0.1) is 0 Å². The van der Waals surface area contributed by atoms with E-state index in [-0.39, 0.29) is 5.78 Å². The molecule has 2 heterocycles. The summed E-state index contributed by atoms with van der Waals surface area (Å²) >= 11 is 1.31. The molecule has 0 amide bonds. The van der Waals surface area contributed by atoms with Crippen molar-refractivity contribution < 1.29 is 4.79 Å². The molecule has 1 fully saturated rings. The van der Waals surface area contributed by atoms with E-state index in [9.17, 15) is 4.79 Å². The van der Waals surface area contributed by atoms with Crippen molar-refractivity contribution in [2.24, 2.45) is 0 Å². The largest absolute Gasteiger partial charge is 0.397 e. The average molecular weight is 339 g/mol. The van der Waals surface area contributed by atoms with E-state index >= 15 is 0 Å². The minimum Gasteiger partial charge on any atom is -0.397 e. The fourth-order valence-corrected chi connectivity index (χ4v) is 3.50. The maximum atomic E-state index is 11.8. The first kappa shape index (κ1) is 14.9. The van der Waals surface area contributed by atoms with Crippen molar-refractivity contribution in [3.8, 4) is 0 Å². The zero-order valence-corrected chi connectivity index (χ0v) is 14.0. The van der Waals surface area contributed by atoms with Crippen LogP contribution in [0.2, 0.25) is 0 Å². The molecule has 1 aliphatic rings. The molecule has 3 aromatic rings. The van der Waals surface area contributed by atoms with Crippen LogP contribution in [0.3, 0.4) is 0 Å². The van der Waals surface area contributed by atoms with Crippen LogP contribution in [-0.4, -0.2) is 21.8 Å². The van der Waals surface area contributed by atoms with Gasteiger partial charge in [-0.1, -0.05) is 18.2 Å². The lowest BCUT2D eigenvalue weighted by molar-refractivity contribution is 0.102. The van der Waals surface area contributed by atoms with Crippen molar-refractivity contribution in [3.63, 3.8) is 0 Å². The lowest BCUT2D eigenvalue weighted by Gasteiger charge is -2.10. The molecule has 1 saturated carbocycles. The highest BCUT2D eigenvalue weighted by molar-refractivity contribution is 7.21. The molecule has 1 aromatic carbocycles. The fourth-order valence-electron chi connectivity index (χ4n) is 2.51. The summed E-state index contributed by atoms with van der Waals surface area (Å²) in [6.45, 7) is 1.52. The van der Waals surface area contributed by atoms with E-state index in [1.165, 1.54) is 18.3 Å². The molecule has 0 saturated heterocycles. The second-order valence-corrected chi connectivity index (χ2v) is 6.89. The number of ketones is 1. The normalized spacial score (nSPS) is 13.9. The number of thiophene rings is 1. The topological polar surface area (TPSA) is 92.9 Å². The molecule has 7 heteroatoms. The summed E-state index contributed by atoms with van der Waals surface area (Å²) in [6, 6.07) is 10.2. The van der Waals surface area contributed by atoms with Gasteiger partial charge in [0.15, 0.2) is 5.78 Å². The Morgan fingerprint density at radius 1 is 1.25 bits per heavy atom. The number of para-hydroxylation sites is 1. The number of anilines is 4. The van der Waals surface area contributed by atoms with Crippen LogP contribution in [0.15, 0.2) is 30.3 Å². The number of fused-ring (bicyclic) bond motifs is 1. The van der Waals surface area contributed by atoms with Crippen molar-refractivity contribution in [1.29, 1.82) is 0 Å². The Labute approximate surface area is 143 Å². The smallest absolute Gasteiger partial charge is 0.226 e. The number of nitrogens with one attached hydrogen (secondary N) is 2. The highest BCUT2D eigenvalue weighted by Crippen LogP contribution is 2.39. The molecule has 122 valence electrons. The van der Waals surface area contributed by atoms with E-state index in [4.69, 9.17) is 5.73 Å². The van der Waals surface area contributed by atoms with Gasteiger partial charge in [-0.3, -0.25) is 4.79 Å². The lowest BCUT2D eigenvalue weighted by atomic mass is 10.2. The van der Waals surface area contributed by atoms with Gasteiger partial charge in [0.25, 0.3) is 0 Å². The Balaban J connectivity index is 1.85. The number of hydrogen-bond donors (Lipinski definition) is 3. The molecule has 0 atom stereocenters. The Morgan fingerprint density at radius 3 is 2.67 bits per heavy atom. The third-order valence-electron chi connectivity index (χ3n) is 3.86. The second kappa shape index (κ2) is 5.76. The van der Waals surface area contributed by atoms with Gasteiger partial charge in [0.2, 0.25) is 5.95 Å². The molecule has 0 bridgehead atoms. The summed E-state index contributed by atoms with van der Waals surface area (Å²) < 4.78 is 0. The molecule has 0 spiro atoms. The number of aromatic nitrogens is 2. The molecule has 6 nitrogen and oxygen atoms in total. The Hall–Kier alpha value is -2.67. The van der Waals surface area contributed by atoms with Crippen LogP contribution in [0.1, 0.15) is 29.4 Å². The molecule has 0 aliphatic heterocycles. The number of nitrogens with two attached hydrogens (primary N) is 1. The second-order valence-electron chi connectivity index (χ2n) is 5.89. The summed E-state index contributed by atoms with van der Waals surface area (Å²) in [4.78, 5) is 22.2. The van der Waals surface area contributed by atoms with Crippen molar-refractivity contribution in [3.05, 3.63) is 35.2 Å². The van der Waals surface area contributed by atoms with Crippen LogP contribution < -0.4 is 16.4 Å². The molecule has 24 heavy (non-hydrogen) atoms. The number of carbonyl (C=O) groups excluding carboxylic acids is 1. The lowest BCUT2D eigenvalue weighted by Crippen LogP contribution is -2.07. The van der Waals surface area contributed by atoms with E-state index in [1.807, 2.05) is 30.3 Å². The molecule has 4 rings (SSSR count). The number of nitrogen functional groups attached to an aromatic ring is 1. The summed E-state index contributed by atoms with van der Waals surface area (Å²) in [7, 11) is 0. The van der Waals surface area contributed by atoms with Crippen LogP contribution in [-0.2, 0) is 0 Å². The van der Waals surface area contributed by atoms with Gasteiger partial charge in [0, 0.05) is 18.7 Å². The van der Waals surface area contributed by atoms with Gasteiger partial charge >= 0.3 is 0 Å². The van der Waals surface area contributed by atoms with Crippen molar-refractivity contribution in [2.75, 3.05) is 16.4 Å². The number of rotatable bonds is 5. The van der Waals surface area contributed by atoms with Crippen molar-refractivity contribution in [1.82, 2.24) is 9.97 Å². The number of benzene rings is 1. The van der Waals surface area contributed by atoms with Gasteiger partial charge in [-0.15, -0.1) is 11.3 Å². The van der Waals surface area contributed by atoms with Crippen LogP contribution >= 0.6 is 11.3 Å². The minimum absolute atomic E-state index is 0.0575. The summed E-state index contributed by atoms with van der Waals surface area (Å²) in [5.41, 5.74) is 7.56. The average Bonchev–Trinajstić information content (AvgIpc) is 3.30. The van der Waals surface area contributed by atoms with Gasteiger partial charge in [0.1, 0.15) is 10.6 Å². The number of nitrogens with zero attached hydrogens (tertiary/aromatic N) is 2. The third-order valence-corrected chi connectivity index (χ3v) is 5.06. The number of carbonyl (C=O) groups is 1. The van der Waals surface area contributed by atoms with Crippen LogP contribution in [0.5, 0.6) is 0 Å². The highest BCUT2D eigenvalue weighted by atomic mass is 32.1. The maximum absolute atomic E-state index is 11.8. The summed E-state index contributed by atoms with van der Waals surface area (Å²) in [5.74, 6) is 1.13. The zero-order chi connectivity index (χ0) is 16.7. The monoisotopic (exact) mass is 339 g/mol. The Morgan fingerprint density at radius 2 is 2.00 bits per heavy atom. The zero-order valence-electron chi connectivity index (χ0n) is 13.2. The van der Waals surface area contributed by atoms with Gasteiger partial charge in [-0.25, -0.2) is 4.98 Å². The molecule has 0 unspecified atom stereocenters. The van der Waals surface area contributed by atoms with Gasteiger partial charge in [0.05, 0.1) is 16.0 Å².